The van der Waals surface area contributed by atoms with Gasteiger partial charge in [-0.1, -0.05) is 60.7 Å². The first-order valence-electron chi connectivity index (χ1n) is 9.53. The van der Waals surface area contributed by atoms with Gasteiger partial charge in [-0.25, -0.2) is 4.57 Å². The highest BCUT2D eigenvalue weighted by atomic mass is 31.2. The second-order valence-electron chi connectivity index (χ2n) is 6.55. The van der Waals surface area contributed by atoms with Crippen LogP contribution >= 0.6 is 7.60 Å². The molecule has 1 atom stereocenters. The largest absolute Gasteiger partial charge is 0.457 e. The molecule has 0 fully saturated rings. The monoisotopic (exact) mass is 416 g/mol. The number of rotatable bonds is 8. The van der Waals surface area contributed by atoms with E-state index in [0.29, 0.717) is 17.1 Å². The Balaban J connectivity index is 1.78. The van der Waals surface area contributed by atoms with E-state index < -0.39 is 13.4 Å². The van der Waals surface area contributed by atoms with E-state index in [9.17, 15) is 4.57 Å². The normalized spacial score (nSPS) is 12.0. The Kier molecular flexibility index (Phi) is 6.11. The van der Waals surface area contributed by atoms with Gasteiger partial charge in [-0.05, 0) is 42.5 Å². The van der Waals surface area contributed by atoms with Crippen molar-refractivity contribution in [3.8, 4) is 11.5 Å². The molecule has 0 amide bonds. The van der Waals surface area contributed by atoms with Gasteiger partial charge in [0.2, 0.25) is 0 Å². The molecule has 0 saturated carbocycles. The molecule has 0 radical (unpaired) electrons. The molecular weight excluding hydrogens is 395 g/mol. The molecule has 6 heteroatoms. The highest BCUT2D eigenvalue weighted by molar-refractivity contribution is 7.55. The van der Waals surface area contributed by atoms with Crippen LogP contribution in [0.25, 0.3) is 0 Å². The fourth-order valence-electron chi connectivity index (χ4n) is 2.96. The number of benzene rings is 3. The number of pyridine rings is 1. The fourth-order valence-corrected chi connectivity index (χ4v) is 4.86. The summed E-state index contributed by atoms with van der Waals surface area (Å²) in [6.07, 6.45) is 3.33. The van der Waals surface area contributed by atoms with E-state index in [2.05, 4.69) is 10.3 Å². The van der Waals surface area contributed by atoms with Gasteiger partial charge in [0.15, 0.2) is 5.78 Å². The molecule has 1 unspecified atom stereocenters. The first-order valence-corrected chi connectivity index (χ1v) is 11.1. The second kappa shape index (κ2) is 9.29. The molecule has 4 rings (SSSR count). The van der Waals surface area contributed by atoms with E-state index in [1.807, 2.05) is 72.8 Å². The highest BCUT2D eigenvalue weighted by Gasteiger charge is 2.41. The number of hydrogen-bond acceptors (Lipinski definition) is 5. The fraction of sp³-hybridized carbons (Fsp3) is 0.0417. The predicted molar refractivity (Wildman–Crippen MR) is 119 cm³/mol. The SMILES string of the molecule is O=P(Oc1ccccc1)(Oc1ccccc1)C(Nc1ccccc1)c1cccnc1. The van der Waals surface area contributed by atoms with Crippen molar-refractivity contribution in [1.82, 2.24) is 4.98 Å². The summed E-state index contributed by atoms with van der Waals surface area (Å²) in [4.78, 5) is 4.20. The molecule has 0 spiro atoms. The Labute approximate surface area is 175 Å². The van der Waals surface area contributed by atoms with E-state index in [0.717, 1.165) is 5.69 Å². The Morgan fingerprint density at radius 1 is 0.700 bits per heavy atom. The van der Waals surface area contributed by atoms with Crippen LogP contribution < -0.4 is 14.4 Å². The zero-order valence-electron chi connectivity index (χ0n) is 16.2. The third kappa shape index (κ3) is 4.88. The van der Waals surface area contributed by atoms with Gasteiger partial charge >= 0.3 is 7.60 Å². The van der Waals surface area contributed by atoms with Crippen molar-refractivity contribution in [3.05, 3.63) is 121 Å². The first kappa shape index (κ1) is 19.7. The summed E-state index contributed by atoms with van der Waals surface area (Å²) < 4.78 is 26.4. The molecule has 4 aromatic rings. The second-order valence-corrected chi connectivity index (χ2v) is 8.51. The minimum atomic E-state index is -3.81. The maximum atomic E-state index is 14.3. The molecule has 3 aromatic carbocycles. The summed E-state index contributed by atoms with van der Waals surface area (Å²) in [5, 5.41) is 3.32. The molecule has 1 aromatic heterocycles. The molecule has 5 nitrogen and oxygen atoms in total. The van der Waals surface area contributed by atoms with Gasteiger partial charge in [-0.15, -0.1) is 0 Å². The van der Waals surface area contributed by atoms with E-state index in [4.69, 9.17) is 9.05 Å². The lowest BCUT2D eigenvalue weighted by Gasteiger charge is -2.29. The molecule has 0 aliphatic rings. The average Bonchev–Trinajstić information content (AvgIpc) is 2.80. The third-order valence-electron chi connectivity index (χ3n) is 4.35. The molecular formula is C24H21N2O3P. The van der Waals surface area contributed by atoms with Crippen LogP contribution in [0.3, 0.4) is 0 Å². The van der Waals surface area contributed by atoms with Crippen LogP contribution in [0.5, 0.6) is 11.5 Å². The van der Waals surface area contributed by atoms with Gasteiger partial charge < -0.3 is 14.4 Å². The summed E-state index contributed by atoms with van der Waals surface area (Å²) in [5.74, 6) is 0.134. The van der Waals surface area contributed by atoms with Gasteiger partial charge in [0.25, 0.3) is 0 Å². The van der Waals surface area contributed by atoms with Crippen LogP contribution in [0.4, 0.5) is 5.69 Å². The Morgan fingerprint density at radius 2 is 1.23 bits per heavy atom. The Bertz CT molecular complexity index is 1050. The van der Waals surface area contributed by atoms with Crippen molar-refractivity contribution in [1.29, 1.82) is 0 Å². The standard InChI is InChI=1S/C24H21N2O3P/c27-30(28-22-14-6-2-7-15-22,29-23-16-8-3-9-17-23)24(20-11-10-18-25-19-20)26-21-12-4-1-5-13-21/h1-19,24,26H. The maximum Gasteiger partial charge on any atom is 0.457 e. The lowest BCUT2D eigenvalue weighted by Crippen LogP contribution is -2.18. The highest BCUT2D eigenvalue weighted by Crippen LogP contribution is 2.60. The number of nitrogens with zero attached hydrogens (tertiary/aromatic N) is 1. The predicted octanol–water partition coefficient (Wildman–Crippen LogP) is 6.54. The molecule has 0 saturated heterocycles. The molecule has 30 heavy (non-hydrogen) atoms. The van der Waals surface area contributed by atoms with Crippen LogP contribution in [0.2, 0.25) is 0 Å². The minimum absolute atomic E-state index is 0.459. The van der Waals surface area contributed by atoms with Gasteiger partial charge in [0, 0.05) is 23.6 Å². The summed E-state index contributed by atoms with van der Waals surface area (Å²) >= 11 is 0. The van der Waals surface area contributed by atoms with E-state index in [1.54, 1.807) is 42.7 Å². The molecule has 0 aliphatic heterocycles. The topological polar surface area (TPSA) is 60.5 Å². The van der Waals surface area contributed by atoms with Crippen molar-refractivity contribution in [3.63, 3.8) is 0 Å². The van der Waals surface area contributed by atoms with Crippen molar-refractivity contribution in [2.75, 3.05) is 5.32 Å². The number of anilines is 1. The zero-order valence-corrected chi connectivity index (χ0v) is 17.1. The molecule has 1 N–H and O–H groups in total. The smallest absolute Gasteiger partial charge is 0.414 e. The van der Waals surface area contributed by atoms with Gasteiger partial charge in [-0.2, -0.15) is 0 Å². The Morgan fingerprint density at radius 3 is 1.73 bits per heavy atom. The van der Waals surface area contributed by atoms with Crippen molar-refractivity contribution in [2.45, 2.75) is 5.78 Å². The van der Waals surface area contributed by atoms with Crippen LogP contribution in [0.1, 0.15) is 11.3 Å². The minimum Gasteiger partial charge on any atom is -0.414 e. The molecule has 0 bridgehead atoms. The van der Waals surface area contributed by atoms with Crippen molar-refractivity contribution >= 4 is 13.3 Å². The summed E-state index contributed by atoms with van der Waals surface area (Å²) in [7, 11) is -3.81. The zero-order chi connectivity index (χ0) is 20.7. The van der Waals surface area contributed by atoms with Crippen LogP contribution in [0, 0.1) is 0 Å². The molecule has 1 heterocycles. The summed E-state index contributed by atoms with van der Waals surface area (Å²) in [5.41, 5.74) is 1.48. The van der Waals surface area contributed by atoms with Gasteiger partial charge in [0.1, 0.15) is 11.5 Å². The van der Waals surface area contributed by atoms with E-state index in [1.165, 1.54) is 0 Å². The van der Waals surface area contributed by atoms with Crippen LogP contribution in [0.15, 0.2) is 116 Å². The van der Waals surface area contributed by atoms with Gasteiger partial charge in [0.05, 0.1) is 0 Å². The van der Waals surface area contributed by atoms with Crippen LogP contribution in [-0.2, 0) is 4.57 Å². The number of nitrogens with one attached hydrogen (secondary N) is 1. The van der Waals surface area contributed by atoms with Crippen LogP contribution in [-0.4, -0.2) is 4.98 Å². The average molecular weight is 416 g/mol. The van der Waals surface area contributed by atoms with Crippen molar-refractivity contribution < 1.29 is 13.6 Å². The number of aromatic nitrogens is 1. The summed E-state index contributed by atoms with van der Waals surface area (Å²) in [6.45, 7) is 0. The first-order chi connectivity index (χ1) is 14.7. The third-order valence-corrected chi connectivity index (χ3v) is 6.34. The number of hydrogen-bond donors (Lipinski definition) is 1. The summed E-state index contributed by atoms with van der Waals surface area (Å²) in [6, 6.07) is 31.2. The quantitative estimate of drug-likeness (QED) is 0.330. The van der Waals surface area contributed by atoms with E-state index >= 15 is 0 Å². The van der Waals surface area contributed by atoms with Gasteiger partial charge in [-0.3, -0.25) is 4.98 Å². The maximum absolute atomic E-state index is 14.3. The molecule has 150 valence electrons. The van der Waals surface area contributed by atoms with Crippen molar-refractivity contribution in [2.24, 2.45) is 0 Å². The van der Waals surface area contributed by atoms with E-state index in [-0.39, 0.29) is 0 Å². The number of para-hydroxylation sites is 3. The Hall–Kier alpha value is -3.56. The lowest BCUT2D eigenvalue weighted by molar-refractivity contribution is 0.376. The molecule has 0 aliphatic carbocycles. The lowest BCUT2D eigenvalue weighted by atomic mass is 10.2.